The summed E-state index contributed by atoms with van der Waals surface area (Å²) in [5.41, 5.74) is 0.0608. The predicted molar refractivity (Wildman–Crippen MR) is 68.4 cm³/mol. The number of phenols is 1. The molecule has 1 saturated heterocycles. The predicted octanol–water partition coefficient (Wildman–Crippen LogP) is 3.00. The number of benzene rings is 1. The highest BCUT2D eigenvalue weighted by molar-refractivity contribution is 6.35. The number of hydrogen-bond donors (Lipinski definition) is 1. The number of aromatic hydroxyl groups is 1. The number of rotatable bonds is 2. The lowest BCUT2D eigenvalue weighted by atomic mass is 9.95. The van der Waals surface area contributed by atoms with Gasteiger partial charge in [0.2, 0.25) is 0 Å². The summed E-state index contributed by atoms with van der Waals surface area (Å²) >= 11 is 11.7. The van der Waals surface area contributed by atoms with Gasteiger partial charge in [-0.05, 0) is 31.5 Å². The molecule has 1 aliphatic heterocycles. The fourth-order valence-corrected chi connectivity index (χ4v) is 2.11. The van der Waals surface area contributed by atoms with E-state index < -0.39 is 5.41 Å². The Morgan fingerprint density at radius 2 is 2.06 bits per heavy atom. The standard InChI is InChI=1S/C12H13Cl2NO3/c1-12(2)6-18-15(11(12)17)5-7-3-10(16)9(14)4-8(7)13/h3-4,16H,5-6H2,1-2H3. The quantitative estimate of drug-likeness (QED) is 0.911. The van der Waals surface area contributed by atoms with E-state index in [0.717, 1.165) is 0 Å². The zero-order valence-electron chi connectivity index (χ0n) is 10.0. The van der Waals surface area contributed by atoms with Crippen molar-refractivity contribution >= 4 is 29.1 Å². The van der Waals surface area contributed by atoms with Crippen molar-refractivity contribution in [3.05, 3.63) is 27.7 Å². The summed E-state index contributed by atoms with van der Waals surface area (Å²) in [4.78, 5) is 17.3. The zero-order valence-corrected chi connectivity index (χ0v) is 11.5. The van der Waals surface area contributed by atoms with Gasteiger partial charge in [0.05, 0.1) is 23.6 Å². The van der Waals surface area contributed by atoms with Gasteiger partial charge in [0.25, 0.3) is 5.91 Å². The molecule has 0 unspecified atom stereocenters. The van der Waals surface area contributed by atoms with Gasteiger partial charge in [-0.2, -0.15) is 0 Å². The first-order valence-electron chi connectivity index (χ1n) is 5.43. The highest BCUT2D eigenvalue weighted by Crippen LogP contribution is 2.33. The SMILES string of the molecule is CC1(C)CON(Cc2cc(O)c(Cl)cc2Cl)C1=O. The van der Waals surface area contributed by atoms with Crippen molar-refractivity contribution < 1.29 is 14.7 Å². The molecule has 0 aromatic heterocycles. The van der Waals surface area contributed by atoms with Gasteiger partial charge in [0, 0.05) is 5.02 Å². The number of hydrogen-bond acceptors (Lipinski definition) is 3. The van der Waals surface area contributed by atoms with Crippen LogP contribution in [-0.2, 0) is 16.2 Å². The van der Waals surface area contributed by atoms with Gasteiger partial charge in [-0.3, -0.25) is 9.63 Å². The molecule has 0 atom stereocenters. The zero-order chi connectivity index (χ0) is 13.5. The molecule has 0 bridgehead atoms. The van der Waals surface area contributed by atoms with Crippen LogP contribution < -0.4 is 0 Å². The first-order chi connectivity index (χ1) is 8.31. The number of carbonyl (C=O) groups excluding carboxylic acids is 1. The molecule has 0 radical (unpaired) electrons. The normalized spacial score (nSPS) is 18.4. The third kappa shape index (κ3) is 2.41. The van der Waals surface area contributed by atoms with Gasteiger partial charge in [0.1, 0.15) is 5.75 Å². The molecular weight excluding hydrogens is 277 g/mol. The number of amides is 1. The molecule has 0 aliphatic carbocycles. The van der Waals surface area contributed by atoms with Gasteiger partial charge < -0.3 is 5.11 Å². The summed E-state index contributed by atoms with van der Waals surface area (Å²) < 4.78 is 0. The van der Waals surface area contributed by atoms with Crippen molar-refractivity contribution in [1.29, 1.82) is 0 Å². The van der Waals surface area contributed by atoms with E-state index in [2.05, 4.69) is 0 Å². The lowest BCUT2D eigenvalue weighted by Crippen LogP contribution is -2.30. The minimum atomic E-state index is -0.527. The van der Waals surface area contributed by atoms with Crippen molar-refractivity contribution in [2.24, 2.45) is 5.41 Å². The van der Waals surface area contributed by atoms with Crippen LogP contribution in [0.2, 0.25) is 10.0 Å². The van der Waals surface area contributed by atoms with Gasteiger partial charge in [-0.15, -0.1) is 0 Å². The number of carbonyl (C=O) groups is 1. The highest BCUT2D eigenvalue weighted by Gasteiger charge is 2.40. The average Bonchev–Trinajstić information content (AvgIpc) is 2.53. The Hall–Kier alpha value is -0.970. The van der Waals surface area contributed by atoms with E-state index in [1.807, 2.05) is 13.8 Å². The summed E-state index contributed by atoms with van der Waals surface area (Å²) in [6.07, 6.45) is 0. The van der Waals surface area contributed by atoms with Crippen molar-refractivity contribution in [2.75, 3.05) is 6.61 Å². The molecule has 0 saturated carbocycles. The first-order valence-corrected chi connectivity index (χ1v) is 6.18. The maximum absolute atomic E-state index is 12.0. The average molecular weight is 290 g/mol. The van der Waals surface area contributed by atoms with Crippen LogP contribution in [0.25, 0.3) is 0 Å². The second-order valence-electron chi connectivity index (χ2n) is 4.89. The Kier molecular flexibility index (Phi) is 3.45. The van der Waals surface area contributed by atoms with Crippen LogP contribution in [0.3, 0.4) is 0 Å². The topological polar surface area (TPSA) is 49.8 Å². The molecule has 1 aliphatic rings. The van der Waals surface area contributed by atoms with Crippen LogP contribution in [0.1, 0.15) is 19.4 Å². The van der Waals surface area contributed by atoms with Crippen molar-refractivity contribution in [3.8, 4) is 5.75 Å². The Labute approximate surface area is 115 Å². The molecule has 1 N–H and O–H groups in total. The van der Waals surface area contributed by atoms with E-state index in [9.17, 15) is 9.90 Å². The molecule has 1 amide bonds. The van der Waals surface area contributed by atoms with Crippen LogP contribution in [0, 0.1) is 5.41 Å². The maximum Gasteiger partial charge on any atom is 0.254 e. The molecule has 1 fully saturated rings. The third-order valence-electron chi connectivity index (χ3n) is 2.82. The molecule has 4 nitrogen and oxygen atoms in total. The van der Waals surface area contributed by atoms with Crippen LogP contribution in [-0.4, -0.2) is 22.7 Å². The van der Waals surface area contributed by atoms with E-state index >= 15 is 0 Å². The van der Waals surface area contributed by atoms with E-state index in [0.29, 0.717) is 17.2 Å². The summed E-state index contributed by atoms with van der Waals surface area (Å²) in [6.45, 7) is 4.15. The Morgan fingerprint density at radius 3 is 2.61 bits per heavy atom. The second-order valence-corrected chi connectivity index (χ2v) is 5.71. The van der Waals surface area contributed by atoms with Crippen molar-refractivity contribution in [1.82, 2.24) is 5.06 Å². The molecule has 18 heavy (non-hydrogen) atoms. The lowest BCUT2D eigenvalue weighted by molar-refractivity contribution is -0.165. The summed E-state index contributed by atoms with van der Waals surface area (Å²) in [5, 5.41) is 11.4. The van der Waals surface area contributed by atoms with E-state index in [4.69, 9.17) is 28.0 Å². The van der Waals surface area contributed by atoms with E-state index in [1.54, 1.807) is 0 Å². The number of halogens is 2. The Morgan fingerprint density at radius 1 is 1.39 bits per heavy atom. The van der Waals surface area contributed by atoms with Gasteiger partial charge in [-0.1, -0.05) is 23.2 Å². The van der Waals surface area contributed by atoms with Gasteiger partial charge in [0.15, 0.2) is 0 Å². The van der Waals surface area contributed by atoms with Crippen molar-refractivity contribution in [2.45, 2.75) is 20.4 Å². The van der Waals surface area contributed by atoms with Gasteiger partial charge >= 0.3 is 0 Å². The minimum Gasteiger partial charge on any atom is -0.506 e. The molecule has 1 aromatic rings. The number of hydroxylamine groups is 2. The summed E-state index contributed by atoms with van der Waals surface area (Å²) in [5.74, 6) is -0.171. The smallest absolute Gasteiger partial charge is 0.254 e. The minimum absolute atomic E-state index is 0.0676. The molecule has 6 heteroatoms. The Bertz CT molecular complexity index is 502. The van der Waals surface area contributed by atoms with Crippen LogP contribution >= 0.6 is 23.2 Å². The monoisotopic (exact) mass is 289 g/mol. The lowest BCUT2D eigenvalue weighted by Gasteiger charge is -2.17. The van der Waals surface area contributed by atoms with Crippen molar-refractivity contribution in [3.63, 3.8) is 0 Å². The second kappa shape index (κ2) is 4.61. The van der Waals surface area contributed by atoms with Crippen LogP contribution in [0.15, 0.2) is 12.1 Å². The molecule has 2 rings (SSSR count). The summed E-state index contributed by atoms with van der Waals surface area (Å²) in [7, 11) is 0. The van der Waals surface area contributed by atoms with E-state index in [-0.39, 0.29) is 23.2 Å². The first kappa shape index (κ1) is 13.5. The summed E-state index contributed by atoms with van der Waals surface area (Å²) in [6, 6.07) is 2.88. The fraction of sp³-hybridized carbons (Fsp3) is 0.417. The number of nitrogens with zero attached hydrogens (tertiary/aromatic N) is 1. The fourth-order valence-electron chi connectivity index (χ4n) is 1.67. The highest BCUT2D eigenvalue weighted by atomic mass is 35.5. The maximum atomic E-state index is 12.0. The number of phenolic OH excluding ortho intramolecular Hbond substituents is 1. The molecule has 1 heterocycles. The molecule has 1 aromatic carbocycles. The van der Waals surface area contributed by atoms with Crippen LogP contribution in [0.5, 0.6) is 5.75 Å². The molecule has 98 valence electrons. The van der Waals surface area contributed by atoms with Gasteiger partial charge in [-0.25, -0.2) is 5.06 Å². The third-order valence-corrected chi connectivity index (χ3v) is 3.47. The van der Waals surface area contributed by atoms with Crippen LogP contribution in [0.4, 0.5) is 0 Å². The largest absolute Gasteiger partial charge is 0.506 e. The Balaban J connectivity index is 2.21. The molecular formula is C12H13Cl2NO3. The molecule has 0 spiro atoms. The van der Waals surface area contributed by atoms with E-state index in [1.165, 1.54) is 17.2 Å².